The number of thiazole rings is 4. The van der Waals surface area contributed by atoms with Crippen LogP contribution in [0.25, 0.3) is 40.9 Å². The van der Waals surface area contributed by atoms with E-state index in [0.29, 0.717) is 24.8 Å². The third-order valence-electron chi connectivity index (χ3n) is 15.9. The number of benzene rings is 8. The topological polar surface area (TPSA) is 184 Å². The molecule has 17 nitrogen and oxygen atoms in total. The quantitative estimate of drug-likeness (QED) is 0.0125. The van der Waals surface area contributed by atoms with Gasteiger partial charge in [0.15, 0.2) is 0 Å². The van der Waals surface area contributed by atoms with Crippen molar-refractivity contribution in [2.24, 2.45) is 20.4 Å². The van der Waals surface area contributed by atoms with Crippen molar-refractivity contribution < 1.29 is 23.9 Å². The molecule has 0 N–H and O–H groups in total. The zero-order chi connectivity index (χ0) is 73.9. The average molecular weight is 1460 g/mol. The minimum atomic E-state index is -0.447. The van der Waals surface area contributed by atoms with E-state index in [2.05, 4.69) is 165 Å². The molecule has 530 valence electrons. The van der Waals surface area contributed by atoms with Gasteiger partial charge >= 0.3 is 11.9 Å². The van der Waals surface area contributed by atoms with E-state index in [1.54, 1.807) is 45.2 Å². The fourth-order valence-electron chi connectivity index (χ4n) is 10.0. The second kappa shape index (κ2) is 38.7. The van der Waals surface area contributed by atoms with Gasteiger partial charge in [0, 0.05) is 18.7 Å². The van der Waals surface area contributed by atoms with Gasteiger partial charge in [-0.1, -0.05) is 215 Å². The van der Waals surface area contributed by atoms with Gasteiger partial charge < -0.3 is 9.47 Å². The minimum Gasteiger partial charge on any atom is -0.463 e. The molecular formula is C83H84N12O5S4. The second-order valence-corrected chi connectivity index (χ2v) is 28.1. The van der Waals surface area contributed by atoms with Gasteiger partial charge in [0.25, 0.3) is 5.91 Å². The number of rotatable bonds is 26. The number of esters is 2. The molecule has 0 bridgehead atoms. The molecule has 0 aliphatic rings. The smallest absolute Gasteiger partial charge is 0.330 e. The van der Waals surface area contributed by atoms with Crippen LogP contribution in [0.2, 0.25) is 0 Å². The highest BCUT2D eigenvalue weighted by atomic mass is 32.1. The van der Waals surface area contributed by atoms with E-state index < -0.39 is 5.97 Å². The Hall–Kier alpha value is -11.2. The van der Waals surface area contributed by atoms with Gasteiger partial charge in [0.05, 0.1) is 85.4 Å². The molecule has 1 amide bonds. The van der Waals surface area contributed by atoms with Gasteiger partial charge in [-0.3, -0.25) is 4.79 Å². The van der Waals surface area contributed by atoms with E-state index in [9.17, 15) is 14.4 Å². The Morgan fingerprint density at radius 1 is 0.385 bits per heavy atom. The number of aromatic nitrogens is 4. The molecule has 21 heteroatoms. The standard InChI is InChI=1S/C24H27N3O2S.C21H21N3O2S.C19H17N3OS.C19H19N3S/c1-4-23(28)29-15-9-5-8-14-27(24-26-21-10-6-7-11-22(21)30-24)25-17-20-16-18(2)12-13-19(20)3;1-4-20(25)26-12-11-24(21-23-18-7-5-6-8-19(18)27-21)22-14-17-13-15(2)9-10-16(17)3;1-4-18(23)22(19-21-16-7-5-6-8-17(16)24-19)20-12-15-11-13(2)9-10-14(15)3;1-4-11-22(19-21-17-7-5-6-8-18(17)23-19)20-13-16-12-14(2)9-10-15(16)3/h4,6-7,10-13,16-17H,1,5,8-9,14-15H2,2-3H3;4-10,13-14H,1,11-12H2,2-3H3;4-12H,1H2,2-3H3;4-10,12-13H,1,11H2,2-3H3/b25-17+;22-14+;20-12+;20-13+. The Morgan fingerprint density at radius 3 is 1.10 bits per heavy atom. The fourth-order valence-corrected chi connectivity index (χ4v) is 13.8. The number of anilines is 4. The maximum Gasteiger partial charge on any atom is 0.330 e. The number of fused-ring (bicyclic) bond motifs is 4. The molecule has 0 fully saturated rings. The summed E-state index contributed by atoms with van der Waals surface area (Å²) >= 11 is 6.26. The van der Waals surface area contributed by atoms with Crippen molar-refractivity contribution in [2.75, 3.05) is 52.9 Å². The molecule has 104 heavy (non-hydrogen) atoms. The summed E-state index contributed by atoms with van der Waals surface area (Å²) in [6.45, 7) is 33.1. The summed E-state index contributed by atoms with van der Waals surface area (Å²) in [5, 5.41) is 28.4. The van der Waals surface area contributed by atoms with E-state index in [0.717, 1.165) is 122 Å². The Labute approximate surface area is 624 Å². The fraction of sp³-hybridized carbons (Fsp3) is 0.193. The zero-order valence-electron chi connectivity index (χ0n) is 59.8. The molecule has 0 spiro atoms. The predicted molar refractivity (Wildman–Crippen MR) is 439 cm³/mol. The van der Waals surface area contributed by atoms with Gasteiger partial charge in [-0.05, 0) is 174 Å². The number of hydrazone groups is 4. The first-order valence-corrected chi connectivity index (χ1v) is 37.0. The minimum absolute atomic E-state index is 0.199. The Balaban J connectivity index is 0.000000162. The van der Waals surface area contributed by atoms with Gasteiger partial charge in [-0.15, -0.1) is 6.58 Å². The number of para-hydroxylation sites is 4. The molecule has 4 aromatic heterocycles. The summed E-state index contributed by atoms with van der Waals surface area (Å²) in [6.07, 6.45) is 15.4. The SMILES string of the molecule is C=CC(=O)N(/N=C/c1cc(C)ccc1C)c1nc2ccccc2s1.C=CC(=O)OCCCCCN(/N=C/c1cc(C)ccc1C)c1nc2ccccc2s1.C=CC(=O)OCCN(/N=C/c1cc(C)ccc1C)c1nc2ccccc2s1.C=CCN(/N=C/c1cc(C)ccc1C)c1nc2ccccc2s1. The Bertz CT molecular complexity index is 4970. The average Bonchev–Trinajstić information content (AvgIpc) is 1.68. The molecule has 0 saturated carbocycles. The molecule has 0 aliphatic heterocycles. The number of carbonyl (C=O) groups is 3. The van der Waals surface area contributed by atoms with Crippen LogP contribution in [-0.2, 0) is 23.9 Å². The number of ether oxygens (including phenoxy) is 2. The highest BCUT2D eigenvalue weighted by molar-refractivity contribution is 7.23. The van der Waals surface area contributed by atoms with Crippen LogP contribution >= 0.6 is 45.3 Å². The van der Waals surface area contributed by atoms with Gasteiger partial charge in [0.1, 0.15) is 6.61 Å². The molecule has 12 aromatic rings. The van der Waals surface area contributed by atoms with Crippen molar-refractivity contribution >= 4 is 149 Å². The number of nitrogens with zero attached hydrogens (tertiary/aromatic N) is 12. The maximum atomic E-state index is 12.2. The first-order valence-electron chi connectivity index (χ1n) is 33.7. The predicted octanol–water partition coefficient (Wildman–Crippen LogP) is 19.5. The largest absolute Gasteiger partial charge is 0.463 e. The van der Waals surface area contributed by atoms with Crippen LogP contribution in [0.4, 0.5) is 20.5 Å². The normalized spacial score (nSPS) is 11.1. The van der Waals surface area contributed by atoms with Crippen molar-refractivity contribution in [3.05, 3.63) is 287 Å². The number of carbonyl (C=O) groups excluding carboxylic acids is 3. The van der Waals surface area contributed by atoms with Crippen molar-refractivity contribution in [3.63, 3.8) is 0 Å². The van der Waals surface area contributed by atoms with E-state index >= 15 is 0 Å². The number of unbranched alkanes of at least 4 members (excludes halogenated alkanes) is 2. The summed E-state index contributed by atoms with van der Waals surface area (Å²) in [4.78, 5) is 53.2. The van der Waals surface area contributed by atoms with E-state index in [1.807, 2.05) is 152 Å². The van der Waals surface area contributed by atoms with Crippen molar-refractivity contribution in [1.29, 1.82) is 0 Å². The first kappa shape index (κ1) is 76.9. The van der Waals surface area contributed by atoms with Crippen LogP contribution in [-0.4, -0.2) is 95.5 Å². The Kier molecular flexibility index (Phi) is 28.6. The van der Waals surface area contributed by atoms with Gasteiger partial charge in [-0.2, -0.15) is 25.4 Å². The van der Waals surface area contributed by atoms with Gasteiger partial charge in [-0.25, -0.2) is 44.6 Å². The molecule has 4 heterocycles. The maximum absolute atomic E-state index is 12.2. The van der Waals surface area contributed by atoms with Crippen LogP contribution < -0.4 is 20.0 Å². The van der Waals surface area contributed by atoms with E-state index in [1.165, 1.54) is 61.0 Å². The summed E-state index contributed by atoms with van der Waals surface area (Å²) in [5.74, 6) is -1.13. The lowest BCUT2D eigenvalue weighted by Crippen LogP contribution is -2.23. The number of amides is 1. The number of hydrogen-bond donors (Lipinski definition) is 0. The molecule has 8 aromatic carbocycles. The molecule has 0 radical (unpaired) electrons. The molecule has 0 saturated heterocycles. The van der Waals surface area contributed by atoms with Crippen molar-refractivity contribution in [3.8, 4) is 0 Å². The van der Waals surface area contributed by atoms with E-state index in [-0.39, 0.29) is 18.5 Å². The second-order valence-electron chi connectivity index (χ2n) is 24.1. The molecule has 0 atom stereocenters. The summed E-state index contributed by atoms with van der Waals surface area (Å²) in [7, 11) is 0. The summed E-state index contributed by atoms with van der Waals surface area (Å²) < 4.78 is 14.6. The monoisotopic (exact) mass is 1460 g/mol. The van der Waals surface area contributed by atoms with Crippen LogP contribution in [0.15, 0.2) is 241 Å². The zero-order valence-corrected chi connectivity index (χ0v) is 63.1. The third kappa shape index (κ3) is 22.4. The number of hydrogen-bond acceptors (Lipinski definition) is 20. The van der Waals surface area contributed by atoms with Crippen LogP contribution in [0.1, 0.15) is 86.0 Å². The van der Waals surface area contributed by atoms with Crippen LogP contribution in [0.3, 0.4) is 0 Å². The lowest BCUT2D eigenvalue weighted by Gasteiger charge is -2.16. The van der Waals surface area contributed by atoms with Gasteiger partial charge in [0.2, 0.25) is 20.5 Å². The molecule has 0 aliphatic carbocycles. The highest BCUT2D eigenvalue weighted by Gasteiger charge is 2.18. The number of aryl methyl sites for hydroxylation is 8. The Morgan fingerprint density at radius 2 is 0.721 bits per heavy atom. The first-order chi connectivity index (χ1) is 50.4. The molecule has 0 unspecified atom stereocenters. The van der Waals surface area contributed by atoms with Crippen LogP contribution in [0, 0.1) is 55.4 Å². The molecular weight excluding hydrogens is 1370 g/mol. The third-order valence-corrected chi connectivity index (χ3v) is 20.0. The molecule has 12 rings (SSSR count). The van der Waals surface area contributed by atoms with Crippen molar-refractivity contribution in [2.45, 2.75) is 74.7 Å². The highest BCUT2D eigenvalue weighted by Crippen LogP contribution is 2.33. The lowest BCUT2D eigenvalue weighted by atomic mass is 10.1. The van der Waals surface area contributed by atoms with Crippen molar-refractivity contribution in [1.82, 2.24) is 19.9 Å². The summed E-state index contributed by atoms with van der Waals surface area (Å²) in [5.41, 5.74) is 17.4. The van der Waals surface area contributed by atoms with Crippen LogP contribution in [0.5, 0.6) is 0 Å². The lowest BCUT2D eigenvalue weighted by molar-refractivity contribution is -0.138. The summed E-state index contributed by atoms with van der Waals surface area (Å²) in [6, 6.07) is 57.1. The van der Waals surface area contributed by atoms with E-state index in [4.69, 9.17) is 19.6 Å².